The van der Waals surface area contributed by atoms with Crippen molar-refractivity contribution >= 4 is 5.91 Å². The second-order valence-electron chi connectivity index (χ2n) is 7.60. The summed E-state index contributed by atoms with van der Waals surface area (Å²) in [6, 6.07) is 17.5. The molecule has 0 unspecified atom stereocenters. The molecule has 0 spiro atoms. The number of H-pyrrole nitrogens is 1. The Balaban J connectivity index is 1.41. The van der Waals surface area contributed by atoms with Gasteiger partial charge in [-0.25, -0.2) is 0 Å². The van der Waals surface area contributed by atoms with Crippen LogP contribution in [0.15, 0.2) is 54.6 Å². The van der Waals surface area contributed by atoms with E-state index in [9.17, 15) is 4.79 Å². The van der Waals surface area contributed by atoms with Crippen molar-refractivity contribution in [3.63, 3.8) is 0 Å². The summed E-state index contributed by atoms with van der Waals surface area (Å²) in [5.41, 5.74) is 4.44. The van der Waals surface area contributed by atoms with Crippen molar-refractivity contribution < 1.29 is 14.3 Å². The van der Waals surface area contributed by atoms with E-state index in [0.717, 1.165) is 67.6 Å². The second-order valence-corrected chi connectivity index (χ2v) is 7.60. The zero-order chi connectivity index (χ0) is 21.6. The van der Waals surface area contributed by atoms with Crippen molar-refractivity contribution in [3.8, 4) is 28.3 Å². The van der Waals surface area contributed by atoms with Crippen LogP contribution in [0.3, 0.4) is 0 Å². The number of aromatic nitrogens is 2. The number of ether oxygens (including phenoxy) is 2. The van der Waals surface area contributed by atoms with Gasteiger partial charge in [-0.15, -0.1) is 0 Å². The molecule has 1 amide bonds. The van der Waals surface area contributed by atoms with E-state index in [1.165, 1.54) is 0 Å². The van der Waals surface area contributed by atoms with E-state index < -0.39 is 0 Å². The molecule has 1 fully saturated rings. The largest absolute Gasteiger partial charge is 0.497 e. The van der Waals surface area contributed by atoms with Gasteiger partial charge in [0.1, 0.15) is 5.75 Å². The molecule has 0 bridgehead atoms. The van der Waals surface area contributed by atoms with Gasteiger partial charge in [0.15, 0.2) is 0 Å². The minimum atomic E-state index is 0.0830. The Morgan fingerprint density at radius 1 is 1.00 bits per heavy atom. The van der Waals surface area contributed by atoms with Crippen molar-refractivity contribution in [3.05, 3.63) is 60.2 Å². The molecule has 7 nitrogen and oxygen atoms in total. The third kappa shape index (κ3) is 4.95. The number of piperazine rings is 1. The number of rotatable bonds is 7. The highest BCUT2D eigenvalue weighted by molar-refractivity contribution is 5.94. The SMILES string of the molecule is COCCN1CCN(C(=O)c2ccc(-c3cc(-c4cccc(OC)c4)n[nH]3)cc2)CC1. The summed E-state index contributed by atoms with van der Waals surface area (Å²) in [7, 11) is 3.37. The lowest BCUT2D eigenvalue weighted by Gasteiger charge is -2.34. The van der Waals surface area contributed by atoms with Crippen LogP contribution in [0.2, 0.25) is 0 Å². The number of benzene rings is 2. The van der Waals surface area contributed by atoms with Gasteiger partial charge < -0.3 is 14.4 Å². The maximum absolute atomic E-state index is 12.9. The monoisotopic (exact) mass is 420 g/mol. The van der Waals surface area contributed by atoms with Gasteiger partial charge in [-0.2, -0.15) is 5.10 Å². The van der Waals surface area contributed by atoms with Crippen LogP contribution >= 0.6 is 0 Å². The van der Waals surface area contributed by atoms with E-state index in [0.29, 0.717) is 5.56 Å². The molecule has 1 aliphatic heterocycles. The number of hydrogen-bond acceptors (Lipinski definition) is 5. The van der Waals surface area contributed by atoms with E-state index >= 15 is 0 Å². The first-order chi connectivity index (χ1) is 15.2. The third-order valence-corrected chi connectivity index (χ3v) is 5.66. The van der Waals surface area contributed by atoms with Gasteiger partial charge in [0.25, 0.3) is 5.91 Å². The molecule has 1 saturated heterocycles. The standard InChI is InChI=1S/C24H28N4O3/c1-30-15-14-27-10-12-28(13-11-27)24(29)19-8-6-18(7-9-19)22-17-23(26-25-22)20-4-3-5-21(16-20)31-2/h3-9,16-17H,10-15H2,1-2H3,(H,25,26). The Labute approximate surface area is 182 Å². The molecular weight excluding hydrogens is 392 g/mol. The van der Waals surface area contributed by atoms with Gasteiger partial charge in [-0.05, 0) is 35.9 Å². The molecule has 1 aromatic heterocycles. The summed E-state index contributed by atoms with van der Waals surface area (Å²) in [4.78, 5) is 17.1. The number of hydrogen-bond donors (Lipinski definition) is 1. The number of nitrogens with one attached hydrogen (secondary N) is 1. The van der Waals surface area contributed by atoms with Crippen molar-refractivity contribution in [1.82, 2.24) is 20.0 Å². The van der Waals surface area contributed by atoms with Crippen LogP contribution in [0.5, 0.6) is 5.75 Å². The second kappa shape index (κ2) is 9.76. The first-order valence-corrected chi connectivity index (χ1v) is 10.5. The zero-order valence-corrected chi connectivity index (χ0v) is 18.0. The van der Waals surface area contributed by atoms with Crippen LogP contribution in [0.1, 0.15) is 10.4 Å². The van der Waals surface area contributed by atoms with Crippen molar-refractivity contribution in [1.29, 1.82) is 0 Å². The lowest BCUT2D eigenvalue weighted by Crippen LogP contribution is -2.49. The number of amides is 1. The van der Waals surface area contributed by atoms with Crippen LogP contribution in [0.25, 0.3) is 22.5 Å². The highest BCUT2D eigenvalue weighted by Gasteiger charge is 2.22. The van der Waals surface area contributed by atoms with Gasteiger partial charge >= 0.3 is 0 Å². The van der Waals surface area contributed by atoms with E-state index in [-0.39, 0.29) is 5.91 Å². The number of aromatic amines is 1. The quantitative estimate of drug-likeness (QED) is 0.636. The van der Waals surface area contributed by atoms with Crippen molar-refractivity contribution in [2.45, 2.75) is 0 Å². The van der Waals surface area contributed by atoms with Gasteiger partial charge in [-0.3, -0.25) is 14.8 Å². The predicted molar refractivity (Wildman–Crippen MR) is 120 cm³/mol. The van der Waals surface area contributed by atoms with Crippen LogP contribution in [-0.4, -0.2) is 79.5 Å². The Bertz CT molecular complexity index is 1010. The summed E-state index contributed by atoms with van der Waals surface area (Å²) >= 11 is 0. The average Bonchev–Trinajstić information content (AvgIpc) is 3.33. The smallest absolute Gasteiger partial charge is 0.253 e. The zero-order valence-electron chi connectivity index (χ0n) is 18.0. The van der Waals surface area contributed by atoms with Crippen molar-refractivity contribution in [2.24, 2.45) is 0 Å². The van der Waals surface area contributed by atoms with Crippen LogP contribution < -0.4 is 4.74 Å². The normalized spacial score (nSPS) is 14.6. The maximum atomic E-state index is 12.9. The first kappa shape index (κ1) is 21.1. The van der Waals surface area contributed by atoms with Crippen LogP contribution in [-0.2, 0) is 4.74 Å². The molecule has 2 heterocycles. The Hall–Kier alpha value is -3.16. The lowest BCUT2D eigenvalue weighted by molar-refractivity contribution is 0.0594. The molecule has 7 heteroatoms. The Morgan fingerprint density at radius 2 is 1.77 bits per heavy atom. The van der Waals surface area contributed by atoms with Gasteiger partial charge in [0, 0.05) is 51.0 Å². The molecule has 162 valence electrons. The average molecular weight is 421 g/mol. The summed E-state index contributed by atoms with van der Waals surface area (Å²) in [5, 5.41) is 7.52. The fourth-order valence-electron chi connectivity index (χ4n) is 3.77. The number of carbonyl (C=O) groups excluding carboxylic acids is 1. The van der Waals surface area contributed by atoms with E-state index in [4.69, 9.17) is 9.47 Å². The van der Waals surface area contributed by atoms with Crippen LogP contribution in [0.4, 0.5) is 0 Å². The van der Waals surface area contributed by atoms with Gasteiger partial charge in [-0.1, -0.05) is 24.3 Å². The van der Waals surface area contributed by atoms with Crippen LogP contribution in [0, 0.1) is 0 Å². The fraction of sp³-hybridized carbons (Fsp3) is 0.333. The number of carbonyl (C=O) groups is 1. The molecule has 0 radical (unpaired) electrons. The Morgan fingerprint density at radius 3 is 2.48 bits per heavy atom. The molecule has 31 heavy (non-hydrogen) atoms. The molecular formula is C24H28N4O3. The number of nitrogens with zero attached hydrogens (tertiary/aromatic N) is 3. The first-order valence-electron chi connectivity index (χ1n) is 10.5. The molecule has 3 aromatic rings. The minimum Gasteiger partial charge on any atom is -0.497 e. The van der Waals surface area contributed by atoms with E-state index in [2.05, 4.69) is 15.1 Å². The summed E-state index contributed by atoms with van der Waals surface area (Å²) in [6.07, 6.45) is 0. The highest BCUT2D eigenvalue weighted by atomic mass is 16.5. The molecule has 2 aromatic carbocycles. The molecule has 4 rings (SSSR count). The third-order valence-electron chi connectivity index (χ3n) is 5.66. The molecule has 1 N–H and O–H groups in total. The Kier molecular flexibility index (Phi) is 6.64. The van der Waals surface area contributed by atoms with E-state index in [1.54, 1.807) is 14.2 Å². The summed E-state index contributed by atoms with van der Waals surface area (Å²) in [6.45, 7) is 4.89. The highest BCUT2D eigenvalue weighted by Crippen LogP contribution is 2.26. The lowest BCUT2D eigenvalue weighted by atomic mass is 10.1. The predicted octanol–water partition coefficient (Wildman–Crippen LogP) is 3.16. The van der Waals surface area contributed by atoms with Gasteiger partial charge in [0.2, 0.25) is 0 Å². The fourth-order valence-corrected chi connectivity index (χ4v) is 3.77. The van der Waals surface area contributed by atoms with Gasteiger partial charge in [0.05, 0.1) is 25.1 Å². The summed E-state index contributed by atoms with van der Waals surface area (Å²) < 4.78 is 10.4. The topological polar surface area (TPSA) is 70.7 Å². The number of methoxy groups -OCH3 is 2. The molecule has 0 atom stereocenters. The maximum Gasteiger partial charge on any atom is 0.253 e. The van der Waals surface area contributed by atoms with Crippen molar-refractivity contribution in [2.75, 3.05) is 53.6 Å². The summed E-state index contributed by atoms with van der Waals surface area (Å²) in [5.74, 6) is 0.879. The molecule has 1 aliphatic rings. The molecule has 0 aliphatic carbocycles. The van der Waals surface area contributed by atoms with E-state index in [1.807, 2.05) is 59.5 Å². The minimum absolute atomic E-state index is 0.0830. The molecule has 0 saturated carbocycles.